The molecule has 4 aromatic rings. The molecule has 0 radical (unpaired) electrons. The number of aromatic nitrogens is 4. The predicted molar refractivity (Wildman–Crippen MR) is 178 cm³/mol. The standard InChI is InChI=1S/C33H40FN6O7P/c1-9-33(34)27(41)25(46-31(33)40-19-35-26-28(39(7)8)36-21(3)37-29(26)40)17-45-48(43,38-20(2)30(42)44-18-32(4,5)6)47-24-16-12-14-22-13-10-11-15-23(22)24/h1,10-16,19-20,25,27,31,41H,17-18H2,2-8H3,(H,38,43)/t20-,25+,27+,31+,33+,48-/m0/s1. The highest BCUT2D eigenvalue weighted by Gasteiger charge is 2.58. The highest BCUT2D eigenvalue weighted by molar-refractivity contribution is 7.52. The normalized spacial score (nSPS) is 23.0. The maximum Gasteiger partial charge on any atom is 0.459 e. The van der Waals surface area contributed by atoms with Gasteiger partial charge in [0.2, 0.25) is 5.67 Å². The average molecular weight is 683 g/mol. The SMILES string of the molecule is C#C[C@@]1(F)[C@H](O)[C@@H](CO[P@@](=O)(N[C@@H](C)C(=O)OCC(C)(C)C)Oc2cccc3ccccc23)O[C@H]1n1cnc2c(N(C)C)nc(C)nc21. The summed E-state index contributed by atoms with van der Waals surface area (Å²) in [6.45, 7) is 8.30. The molecule has 1 fully saturated rings. The number of rotatable bonds is 11. The minimum Gasteiger partial charge on any atom is -0.464 e. The average Bonchev–Trinajstić information content (AvgIpc) is 3.55. The van der Waals surface area contributed by atoms with Crippen molar-refractivity contribution in [3.63, 3.8) is 0 Å². The van der Waals surface area contributed by atoms with Crippen LogP contribution in [0.25, 0.3) is 21.9 Å². The number of aryl methyl sites for hydroxylation is 1. The van der Waals surface area contributed by atoms with Crippen LogP contribution in [-0.4, -0.2) is 81.8 Å². The Hall–Kier alpha value is -4.12. The van der Waals surface area contributed by atoms with Crippen LogP contribution in [0.5, 0.6) is 5.75 Å². The fourth-order valence-electron chi connectivity index (χ4n) is 5.17. The van der Waals surface area contributed by atoms with Gasteiger partial charge in [-0.2, -0.15) is 5.09 Å². The molecule has 1 aliphatic rings. The fraction of sp³-hybridized carbons (Fsp3) is 0.455. The van der Waals surface area contributed by atoms with Gasteiger partial charge in [0.15, 0.2) is 23.2 Å². The third-order valence-electron chi connectivity index (χ3n) is 7.59. The van der Waals surface area contributed by atoms with E-state index >= 15 is 4.39 Å². The Balaban J connectivity index is 1.43. The Labute approximate surface area is 278 Å². The number of carbonyl (C=O) groups excluding carboxylic acids is 1. The second-order valence-electron chi connectivity index (χ2n) is 13.1. The van der Waals surface area contributed by atoms with Gasteiger partial charge in [0.1, 0.15) is 29.8 Å². The number of aliphatic hydroxyl groups excluding tert-OH is 1. The lowest BCUT2D eigenvalue weighted by Crippen LogP contribution is -2.42. The highest BCUT2D eigenvalue weighted by Crippen LogP contribution is 2.49. The molecule has 256 valence electrons. The van der Waals surface area contributed by atoms with Gasteiger partial charge in [0.25, 0.3) is 0 Å². The van der Waals surface area contributed by atoms with Gasteiger partial charge in [0, 0.05) is 19.5 Å². The van der Waals surface area contributed by atoms with Gasteiger partial charge in [0.05, 0.1) is 19.5 Å². The van der Waals surface area contributed by atoms with Crippen molar-refractivity contribution in [1.29, 1.82) is 0 Å². The van der Waals surface area contributed by atoms with Crippen molar-refractivity contribution in [3.8, 4) is 18.1 Å². The zero-order valence-corrected chi connectivity index (χ0v) is 28.8. The summed E-state index contributed by atoms with van der Waals surface area (Å²) < 4.78 is 55.3. The van der Waals surface area contributed by atoms with E-state index in [9.17, 15) is 14.5 Å². The molecular formula is C33H40FN6O7P. The molecule has 0 saturated carbocycles. The number of fused-ring (bicyclic) bond motifs is 2. The molecule has 15 heteroatoms. The molecule has 1 saturated heterocycles. The molecule has 13 nitrogen and oxygen atoms in total. The van der Waals surface area contributed by atoms with Crippen LogP contribution < -0.4 is 14.5 Å². The molecular weight excluding hydrogens is 642 g/mol. The lowest BCUT2D eigenvalue weighted by molar-refractivity contribution is -0.148. The second kappa shape index (κ2) is 13.4. The fourth-order valence-corrected chi connectivity index (χ4v) is 6.69. The van der Waals surface area contributed by atoms with E-state index in [1.54, 1.807) is 50.2 Å². The van der Waals surface area contributed by atoms with Gasteiger partial charge < -0.3 is 24.0 Å². The molecule has 6 atom stereocenters. The first-order chi connectivity index (χ1) is 22.5. The smallest absolute Gasteiger partial charge is 0.459 e. The van der Waals surface area contributed by atoms with Gasteiger partial charge in [-0.3, -0.25) is 13.9 Å². The maximum absolute atomic E-state index is 16.5. The second-order valence-corrected chi connectivity index (χ2v) is 14.8. The van der Waals surface area contributed by atoms with Crippen molar-refractivity contribution in [2.45, 2.75) is 64.8 Å². The van der Waals surface area contributed by atoms with Crippen LogP contribution in [0.15, 0.2) is 48.8 Å². The molecule has 0 amide bonds. The Morgan fingerprint density at radius 1 is 1.25 bits per heavy atom. The van der Waals surface area contributed by atoms with Gasteiger partial charge in [-0.15, -0.1) is 6.42 Å². The number of ether oxygens (including phenoxy) is 2. The molecule has 0 spiro atoms. The molecule has 2 N–H and O–H groups in total. The monoisotopic (exact) mass is 682 g/mol. The zero-order chi connectivity index (χ0) is 35.0. The molecule has 2 aromatic heterocycles. The number of anilines is 1. The van der Waals surface area contributed by atoms with E-state index in [-0.39, 0.29) is 23.4 Å². The Morgan fingerprint density at radius 2 is 1.96 bits per heavy atom. The lowest BCUT2D eigenvalue weighted by atomic mass is 9.97. The van der Waals surface area contributed by atoms with Crippen LogP contribution in [0, 0.1) is 24.7 Å². The topological polar surface area (TPSA) is 150 Å². The number of imidazole rings is 1. The van der Waals surface area contributed by atoms with Crippen molar-refractivity contribution >= 4 is 41.5 Å². The number of nitrogens with zero attached hydrogens (tertiary/aromatic N) is 5. The van der Waals surface area contributed by atoms with Crippen LogP contribution in [0.2, 0.25) is 0 Å². The van der Waals surface area contributed by atoms with Gasteiger partial charge in [-0.05, 0) is 30.7 Å². The van der Waals surface area contributed by atoms with E-state index in [2.05, 4.69) is 20.0 Å². The third kappa shape index (κ3) is 7.16. The number of carbonyl (C=O) groups is 1. The van der Waals surface area contributed by atoms with E-state index in [0.717, 1.165) is 5.39 Å². The summed E-state index contributed by atoms with van der Waals surface area (Å²) in [6, 6.07) is 11.3. The van der Waals surface area contributed by atoms with Crippen molar-refractivity contribution in [2.24, 2.45) is 5.41 Å². The first-order valence-electron chi connectivity index (χ1n) is 15.3. The molecule has 3 heterocycles. The van der Waals surface area contributed by atoms with Gasteiger partial charge in [-0.25, -0.2) is 23.9 Å². The third-order valence-corrected chi connectivity index (χ3v) is 9.22. The number of halogens is 1. The van der Waals surface area contributed by atoms with Crippen LogP contribution in [0.3, 0.4) is 0 Å². The van der Waals surface area contributed by atoms with Crippen LogP contribution in [0.1, 0.15) is 39.7 Å². The quantitative estimate of drug-likeness (QED) is 0.128. The number of aliphatic hydroxyl groups is 1. The van der Waals surface area contributed by atoms with E-state index < -0.39 is 50.5 Å². The molecule has 2 aromatic carbocycles. The molecule has 0 bridgehead atoms. The molecule has 1 aliphatic heterocycles. The van der Waals surface area contributed by atoms with E-state index in [1.807, 2.05) is 44.9 Å². The summed E-state index contributed by atoms with van der Waals surface area (Å²) >= 11 is 0. The van der Waals surface area contributed by atoms with Gasteiger partial charge >= 0.3 is 13.7 Å². The summed E-state index contributed by atoms with van der Waals surface area (Å²) in [7, 11) is -0.894. The molecule has 48 heavy (non-hydrogen) atoms. The number of benzene rings is 2. The first kappa shape index (κ1) is 35.2. The Kier molecular flexibility index (Phi) is 9.83. The first-order valence-corrected chi connectivity index (χ1v) is 16.8. The zero-order valence-electron chi connectivity index (χ0n) is 27.9. The number of esters is 1. The predicted octanol–water partition coefficient (Wildman–Crippen LogP) is 4.72. The van der Waals surface area contributed by atoms with Crippen LogP contribution in [0.4, 0.5) is 10.2 Å². The Morgan fingerprint density at radius 3 is 2.65 bits per heavy atom. The van der Waals surface area contributed by atoms with Crippen molar-refractivity contribution < 1.29 is 37.4 Å². The largest absolute Gasteiger partial charge is 0.464 e. The number of nitrogens with one attached hydrogen (secondary N) is 1. The summed E-state index contributed by atoms with van der Waals surface area (Å²) in [4.78, 5) is 27.8. The Bertz CT molecular complexity index is 1900. The number of terminal acetylenes is 1. The summed E-state index contributed by atoms with van der Waals surface area (Å²) in [5.41, 5.74) is -2.48. The number of hydrogen-bond donors (Lipinski definition) is 2. The molecule has 5 rings (SSSR count). The number of alkyl halides is 1. The van der Waals surface area contributed by atoms with E-state index in [1.165, 1.54) is 17.8 Å². The summed E-state index contributed by atoms with van der Waals surface area (Å²) in [6.07, 6.45) is 2.00. The van der Waals surface area contributed by atoms with E-state index in [4.69, 9.17) is 24.9 Å². The minimum absolute atomic E-state index is 0.116. The minimum atomic E-state index is -4.45. The van der Waals surface area contributed by atoms with Crippen molar-refractivity contribution in [1.82, 2.24) is 24.6 Å². The van der Waals surface area contributed by atoms with E-state index in [0.29, 0.717) is 22.5 Å². The van der Waals surface area contributed by atoms with Crippen molar-refractivity contribution in [2.75, 3.05) is 32.2 Å². The van der Waals surface area contributed by atoms with Crippen LogP contribution >= 0.6 is 7.75 Å². The highest BCUT2D eigenvalue weighted by atomic mass is 31.2. The molecule has 0 aliphatic carbocycles. The maximum atomic E-state index is 16.5. The van der Waals surface area contributed by atoms with Gasteiger partial charge in [-0.1, -0.05) is 63.1 Å². The summed E-state index contributed by atoms with van der Waals surface area (Å²) in [5, 5.41) is 15.2. The molecule has 0 unspecified atom stereocenters. The number of hydrogen-bond acceptors (Lipinski definition) is 11. The lowest BCUT2D eigenvalue weighted by Gasteiger charge is -2.26. The van der Waals surface area contributed by atoms with Crippen LogP contribution in [-0.2, 0) is 23.4 Å². The van der Waals surface area contributed by atoms with Crippen molar-refractivity contribution in [3.05, 3.63) is 54.6 Å². The summed E-state index contributed by atoms with van der Waals surface area (Å²) in [5.74, 6) is 2.42.